The van der Waals surface area contributed by atoms with Gasteiger partial charge in [0, 0.05) is 11.8 Å². The number of aliphatic carboxylic acids is 1. The lowest BCUT2D eigenvalue weighted by Crippen LogP contribution is -2.36. The summed E-state index contributed by atoms with van der Waals surface area (Å²) >= 11 is 1.65. The van der Waals surface area contributed by atoms with Crippen LogP contribution in [0.1, 0.15) is 12.0 Å². The van der Waals surface area contributed by atoms with Gasteiger partial charge >= 0.3 is 5.97 Å². The monoisotopic (exact) mass is 294 g/mol. The highest BCUT2D eigenvalue weighted by molar-refractivity contribution is 7.98. The number of amides is 1. The molecule has 1 atom stereocenters. The number of carboxylic acid groups (broad SMARTS) is 1. The number of nitrogens with two attached hydrogens (primary N) is 1. The Balaban J connectivity index is 2.56. The van der Waals surface area contributed by atoms with E-state index in [0.29, 0.717) is 12.1 Å². The van der Waals surface area contributed by atoms with Crippen LogP contribution in [0.3, 0.4) is 0 Å². The van der Waals surface area contributed by atoms with Crippen molar-refractivity contribution in [3.05, 3.63) is 35.9 Å². The molecule has 0 aromatic heterocycles. The van der Waals surface area contributed by atoms with E-state index >= 15 is 0 Å². The van der Waals surface area contributed by atoms with Gasteiger partial charge in [0.1, 0.15) is 0 Å². The molecule has 0 saturated heterocycles. The molecule has 0 aliphatic rings. The third-order valence-electron chi connectivity index (χ3n) is 2.57. The highest BCUT2D eigenvalue weighted by atomic mass is 32.2. The smallest absolute Gasteiger partial charge is 0.328 e. The number of anilines is 1. The number of thioether (sulfide) groups is 1. The molecule has 0 unspecified atom stereocenters. The Morgan fingerprint density at radius 2 is 2.05 bits per heavy atom. The molecule has 5 nitrogen and oxygen atoms in total. The molecule has 0 saturated carbocycles. The molecule has 1 rings (SSSR count). The maximum atomic E-state index is 11.8. The van der Waals surface area contributed by atoms with Crippen LogP contribution in [0, 0.1) is 0 Å². The van der Waals surface area contributed by atoms with E-state index in [1.54, 1.807) is 36.0 Å². The molecule has 0 bridgehead atoms. The van der Waals surface area contributed by atoms with Gasteiger partial charge in [-0.1, -0.05) is 12.1 Å². The van der Waals surface area contributed by atoms with Crippen LogP contribution in [-0.4, -0.2) is 35.0 Å². The van der Waals surface area contributed by atoms with Crippen molar-refractivity contribution in [3.63, 3.8) is 0 Å². The highest BCUT2D eigenvalue weighted by Crippen LogP contribution is 2.11. The number of carbonyl (C=O) groups is 2. The molecular weight excluding hydrogens is 276 g/mol. The van der Waals surface area contributed by atoms with E-state index in [4.69, 9.17) is 10.8 Å². The molecule has 0 aliphatic carbocycles. The number of hydrogen-bond donors (Lipinski definition) is 3. The van der Waals surface area contributed by atoms with Crippen LogP contribution in [0.15, 0.2) is 30.3 Å². The fourth-order valence-corrected chi connectivity index (χ4v) is 1.95. The predicted molar refractivity (Wildman–Crippen MR) is 82.7 cm³/mol. The van der Waals surface area contributed by atoms with Crippen molar-refractivity contribution in [3.8, 4) is 0 Å². The minimum atomic E-state index is -0.998. The minimum absolute atomic E-state index is 0.215. The zero-order chi connectivity index (χ0) is 15.0. The van der Waals surface area contributed by atoms with Gasteiger partial charge in [0.05, 0.1) is 6.04 Å². The number of carboxylic acids is 1. The molecule has 1 amide bonds. The van der Waals surface area contributed by atoms with E-state index in [9.17, 15) is 9.59 Å². The predicted octanol–water partition coefficient (Wildman–Crippen LogP) is 1.80. The molecule has 6 heteroatoms. The lowest BCUT2D eigenvalue weighted by atomic mass is 10.1. The Bertz CT molecular complexity index is 486. The second kappa shape index (κ2) is 8.39. The molecule has 20 heavy (non-hydrogen) atoms. The van der Waals surface area contributed by atoms with Gasteiger partial charge in [-0.3, -0.25) is 4.79 Å². The topological polar surface area (TPSA) is 92.4 Å². The first-order chi connectivity index (χ1) is 9.52. The van der Waals surface area contributed by atoms with E-state index in [2.05, 4.69) is 5.32 Å². The zero-order valence-electron chi connectivity index (χ0n) is 11.2. The Labute approximate surface area is 122 Å². The minimum Gasteiger partial charge on any atom is -0.478 e. The second-order valence-electron chi connectivity index (χ2n) is 4.17. The van der Waals surface area contributed by atoms with E-state index in [1.165, 1.54) is 6.08 Å². The molecule has 0 spiro atoms. The van der Waals surface area contributed by atoms with E-state index in [0.717, 1.165) is 17.4 Å². The second-order valence-corrected chi connectivity index (χ2v) is 5.16. The van der Waals surface area contributed by atoms with E-state index in [1.807, 2.05) is 6.26 Å². The number of benzene rings is 1. The Kier molecular flexibility index (Phi) is 6.83. The van der Waals surface area contributed by atoms with Crippen LogP contribution in [0.5, 0.6) is 0 Å². The van der Waals surface area contributed by atoms with Gasteiger partial charge in [-0.25, -0.2) is 4.79 Å². The first kappa shape index (κ1) is 16.3. The summed E-state index contributed by atoms with van der Waals surface area (Å²) in [5, 5.41) is 11.2. The lowest BCUT2D eigenvalue weighted by Gasteiger charge is -2.11. The molecule has 0 aliphatic heterocycles. The normalized spacial score (nSPS) is 12.3. The van der Waals surface area contributed by atoms with Gasteiger partial charge in [0.2, 0.25) is 5.91 Å². The van der Waals surface area contributed by atoms with Gasteiger partial charge in [-0.2, -0.15) is 11.8 Å². The molecular formula is C14H18N2O3S. The molecule has 4 N–H and O–H groups in total. The van der Waals surface area contributed by atoms with Gasteiger partial charge in [0.15, 0.2) is 0 Å². The zero-order valence-corrected chi connectivity index (χ0v) is 12.0. The van der Waals surface area contributed by atoms with Crippen LogP contribution in [-0.2, 0) is 9.59 Å². The van der Waals surface area contributed by atoms with Crippen molar-refractivity contribution in [1.82, 2.24) is 0 Å². The van der Waals surface area contributed by atoms with Crippen molar-refractivity contribution in [2.75, 3.05) is 17.3 Å². The van der Waals surface area contributed by atoms with Crippen molar-refractivity contribution >= 4 is 35.4 Å². The van der Waals surface area contributed by atoms with Crippen molar-refractivity contribution in [2.45, 2.75) is 12.5 Å². The summed E-state index contributed by atoms with van der Waals surface area (Å²) in [5.41, 5.74) is 7.15. The fraction of sp³-hybridized carbons (Fsp3) is 0.286. The highest BCUT2D eigenvalue weighted by Gasteiger charge is 2.12. The molecule has 1 aromatic carbocycles. The standard InChI is InChI=1S/C14H18N2O3S/c1-20-9-8-12(15)14(19)16-11-5-2-10(3-6-11)4-7-13(17)18/h2-7,12H,8-9,15H2,1H3,(H,16,19)(H,17,18)/b7-4+/t12-/m1/s1. The van der Waals surface area contributed by atoms with E-state index < -0.39 is 12.0 Å². The van der Waals surface area contributed by atoms with Crippen molar-refractivity contribution in [2.24, 2.45) is 5.73 Å². The molecule has 0 fully saturated rings. The van der Waals surface area contributed by atoms with Crippen LogP contribution in [0.4, 0.5) is 5.69 Å². The van der Waals surface area contributed by atoms with Gasteiger partial charge < -0.3 is 16.2 Å². The van der Waals surface area contributed by atoms with Crippen LogP contribution in [0.2, 0.25) is 0 Å². The van der Waals surface area contributed by atoms with Crippen molar-refractivity contribution in [1.29, 1.82) is 0 Å². The lowest BCUT2D eigenvalue weighted by molar-refractivity contribution is -0.131. The molecule has 1 aromatic rings. The average molecular weight is 294 g/mol. The molecule has 0 radical (unpaired) electrons. The third kappa shape index (κ3) is 5.90. The summed E-state index contributed by atoms with van der Waals surface area (Å²) in [5.74, 6) is -0.372. The number of carbonyl (C=O) groups excluding carboxylic acids is 1. The summed E-state index contributed by atoms with van der Waals surface area (Å²) in [6.45, 7) is 0. The maximum Gasteiger partial charge on any atom is 0.328 e. The maximum absolute atomic E-state index is 11.8. The Hall–Kier alpha value is -1.79. The Morgan fingerprint density at radius 3 is 2.60 bits per heavy atom. The fourth-order valence-electron chi connectivity index (χ4n) is 1.46. The number of nitrogens with one attached hydrogen (secondary N) is 1. The van der Waals surface area contributed by atoms with Crippen LogP contribution < -0.4 is 11.1 Å². The SMILES string of the molecule is CSCC[C@@H](N)C(=O)Nc1ccc(/C=C/C(=O)O)cc1. The van der Waals surface area contributed by atoms with Crippen molar-refractivity contribution < 1.29 is 14.7 Å². The average Bonchev–Trinajstić information content (AvgIpc) is 2.43. The summed E-state index contributed by atoms with van der Waals surface area (Å²) in [6.07, 6.45) is 5.14. The molecule has 0 heterocycles. The number of hydrogen-bond acceptors (Lipinski definition) is 4. The van der Waals surface area contributed by atoms with Crippen LogP contribution in [0.25, 0.3) is 6.08 Å². The van der Waals surface area contributed by atoms with Gasteiger partial charge in [-0.15, -0.1) is 0 Å². The summed E-state index contributed by atoms with van der Waals surface area (Å²) in [4.78, 5) is 22.2. The summed E-state index contributed by atoms with van der Waals surface area (Å²) in [7, 11) is 0. The largest absolute Gasteiger partial charge is 0.478 e. The first-order valence-corrected chi connectivity index (χ1v) is 7.48. The van der Waals surface area contributed by atoms with Gasteiger partial charge in [0.25, 0.3) is 0 Å². The van der Waals surface area contributed by atoms with Gasteiger partial charge in [-0.05, 0) is 42.2 Å². The summed E-state index contributed by atoms with van der Waals surface area (Å²) < 4.78 is 0. The summed E-state index contributed by atoms with van der Waals surface area (Å²) in [6, 6.07) is 6.35. The first-order valence-electron chi connectivity index (χ1n) is 6.09. The number of rotatable bonds is 7. The van der Waals surface area contributed by atoms with E-state index in [-0.39, 0.29) is 5.91 Å². The van der Waals surface area contributed by atoms with Crippen LogP contribution >= 0.6 is 11.8 Å². The third-order valence-corrected chi connectivity index (χ3v) is 3.21. The Morgan fingerprint density at radius 1 is 1.40 bits per heavy atom. The quantitative estimate of drug-likeness (QED) is 0.667. The molecule has 108 valence electrons.